The molecule has 1 amide bonds. The molecule has 7 nitrogen and oxygen atoms in total. The van der Waals surface area contributed by atoms with Gasteiger partial charge in [-0.25, -0.2) is 13.4 Å². The van der Waals surface area contributed by atoms with Crippen molar-refractivity contribution in [1.82, 2.24) is 9.97 Å². The molecule has 2 aromatic carbocycles. The lowest BCUT2D eigenvalue weighted by atomic mass is 10.1. The first-order valence-electron chi connectivity index (χ1n) is 11.2. The second-order valence-corrected chi connectivity index (χ2v) is 11.4. The van der Waals surface area contributed by atoms with Crippen molar-refractivity contribution in [3.63, 3.8) is 0 Å². The van der Waals surface area contributed by atoms with Crippen molar-refractivity contribution < 1.29 is 13.2 Å². The lowest BCUT2D eigenvalue weighted by molar-refractivity contribution is -0.115. The molecule has 35 heavy (non-hydrogen) atoms. The van der Waals surface area contributed by atoms with Crippen molar-refractivity contribution in [1.29, 1.82) is 0 Å². The Bertz CT molecular complexity index is 1510. The molecule has 1 N–H and O–H groups in total. The van der Waals surface area contributed by atoms with Gasteiger partial charge in [0.25, 0.3) is 10.0 Å². The minimum atomic E-state index is -3.64. The summed E-state index contributed by atoms with van der Waals surface area (Å²) in [6.45, 7) is 4.18. The topological polar surface area (TPSA) is 92.3 Å². The molecule has 4 aromatic rings. The monoisotopic (exact) mass is 504 g/mol. The van der Waals surface area contributed by atoms with E-state index >= 15 is 0 Å². The second kappa shape index (κ2) is 9.24. The van der Waals surface area contributed by atoms with Crippen LogP contribution in [0.25, 0.3) is 11.3 Å². The summed E-state index contributed by atoms with van der Waals surface area (Å²) in [6.07, 6.45) is 2.47. The Morgan fingerprint density at radius 3 is 2.66 bits per heavy atom. The number of carbonyl (C=O) groups is 1. The smallest absolute Gasteiger partial charge is 0.264 e. The van der Waals surface area contributed by atoms with Gasteiger partial charge in [-0.1, -0.05) is 30.3 Å². The van der Waals surface area contributed by atoms with Crippen molar-refractivity contribution in [2.24, 2.45) is 0 Å². The third kappa shape index (κ3) is 4.56. The van der Waals surface area contributed by atoms with Gasteiger partial charge in [-0.15, -0.1) is 11.3 Å². The molecule has 0 aliphatic carbocycles. The first kappa shape index (κ1) is 23.2. The highest BCUT2D eigenvalue weighted by Gasteiger charge is 2.32. The Hall–Kier alpha value is -3.56. The maximum absolute atomic E-state index is 13.3. The summed E-state index contributed by atoms with van der Waals surface area (Å²) in [5, 5.41) is 3.40. The number of fused-ring (bicyclic) bond motifs is 1. The number of benzene rings is 2. The number of hydrogen-bond acceptors (Lipinski definition) is 6. The third-order valence-electron chi connectivity index (χ3n) is 5.98. The van der Waals surface area contributed by atoms with E-state index in [1.807, 2.05) is 62.4 Å². The quantitative estimate of drug-likeness (QED) is 0.409. The minimum Gasteiger partial charge on any atom is -0.302 e. The highest BCUT2D eigenvalue weighted by molar-refractivity contribution is 7.93. The van der Waals surface area contributed by atoms with Crippen LogP contribution in [-0.4, -0.2) is 30.8 Å². The van der Waals surface area contributed by atoms with Crippen molar-refractivity contribution >= 4 is 38.1 Å². The van der Waals surface area contributed by atoms with Gasteiger partial charge < -0.3 is 5.32 Å². The molecular formula is C26H24N4O3S2. The van der Waals surface area contributed by atoms with Crippen LogP contribution in [0.4, 0.5) is 10.8 Å². The van der Waals surface area contributed by atoms with Gasteiger partial charge in [0.15, 0.2) is 5.13 Å². The second-order valence-electron chi connectivity index (χ2n) is 8.41. The zero-order chi connectivity index (χ0) is 24.6. The van der Waals surface area contributed by atoms with E-state index in [4.69, 9.17) is 0 Å². The molecule has 0 atom stereocenters. The number of carbonyl (C=O) groups excluding carboxylic acids is 1. The van der Waals surface area contributed by atoms with Gasteiger partial charge in [-0.05, 0) is 61.7 Å². The van der Waals surface area contributed by atoms with Gasteiger partial charge >= 0.3 is 0 Å². The van der Waals surface area contributed by atoms with Crippen LogP contribution in [0.15, 0.2) is 71.8 Å². The van der Waals surface area contributed by atoms with E-state index in [-0.39, 0.29) is 12.3 Å². The van der Waals surface area contributed by atoms with Crippen LogP contribution >= 0.6 is 11.3 Å². The molecule has 0 saturated heterocycles. The normalized spacial score (nSPS) is 13.0. The Labute approximate surface area is 208 Å². The predicted molar refractivity (Wildman–Crippen MR) is 138 cm³/mol. The van der Waals surface area contributed by atoms with E-state index in [9.17, 15) is 13.2 Å². The van der Waals surface area contributed by atoms with Crippen LogP contribution in [-0.2, 0) is 27.7 Å². The number of amides is 1. The minimum absolute atomic E-state index is 0.171. The number of hydrogen-bond donors (Lipinski definition) is 1. The van der Waals surface area contributed by atoms with Gasteiger partial charge in [-0.3, -0.25) is 14.1 Å². The molecule has 9 heteroatoms. The van der Waals surface area contributed by atoms with Crippen LogP contribution in [0.5, 0.6) is 0 Å². The van der Waals surface area contributed by atoms with Gasteiger partial charge in [-0.2, -0.15) is 0 Å². The number of sulfonamides is 1. The first-order chi connectivity index (χ1) is 16.8. The standard InChI is InChI=1S/C26H24N4O3S2/c1-17-7-3-4-9-23(17)35(32,33)30-14-12-19-15-20(10-11-22(19)30)25-18(2)34-26(29-25)28-24(31)16-21-8-5-6-13-27-21/h3-11,13,15H,12,14,16H2,1-2H3,(H,28,29,31). The maximum atomic E-state index is 13.3. The molecule has 0 radical (unpaired) electrons. The van der Waals surface area contributed by atoms with E-state index in [1.54, 1.807) is 18.3 Å². The Morgan fingerprint density at radius 2 is 1.89 bits per heavy atom. The number of thiazole rings is 1. The summed E-state index contributed by atoms with van der Waals surface area (Å²) in [6, 6.07) is 18.3. The molecule has 178 valence electrons. The summed E-state index contributed by atoms with van der Waals surface area (Å²) < 4.78 is 28.2. The number of aromatic nitrogens is 2. The number of nitrogens with one attached hydrogen (secondary N) is 1. The van der Waals surface area contributed by atoms with Crippen molar-refractivity contribution in [2.75, 3.05) is 16.2 Å². The summed E-state index contributed by atoms with van der Waals surface area (Å²) in [5.41, 5.74) is 4.78. The SMILES string of the molecule is Cc1ccccc1S(=O)(=O)N1CCc2cc(-c3nc(NC(=O)Cc4ccccn4)sc3C)ccc21. The summed E-state index contributed by atoms with van der Waals surface area (Å²) in [4.78, 5) is 22.6. The largest absolute Gasteiger partial charge is 0.302 e. The van der Waals surface area contributed by atoms with E-state index in [1.165, 1.54) is 15.6 Å². The zero-order valence-electron chi connectivity index (χ0n) is 19.4. The summed E-state index contributed by atoms with van der Waals surface area (Å²) >= 11 is 1.42. The predicted octanol–water partition coefficient (Wildman–Crippen LogP) is 4.75. The van der Waals surface area contributed by atoms with Crippen molar-refractivity contribution in [3.05, 3.63) is 88.6 Å². The Morgan fingerprint density at radius 1 is 1.09 bits per heavy atom. The fraction of sp³-hybridized carbons (Fsp3) is 0.192. The van der Waals surface area contributed by atoms with Gasteiger partial charge in [0.05, 0.1) is 22.7 Å². The van der Waals surface area contributed by atoms with Gasteiger partial charge in [0, 0.05) is 28.9 Å². The number of aryl methyl sites for hydroxylation is 2. The number of rotatable bonds is 6. The van der Waals surface area contributed by atoms with Gasteiger partial charge in [0.2, 0.25) is 5.91 Å². The molecule has 5 rings (SSSR count). The lowest BCUT2D eigenvalue weighted by Gasteiger charge is -2.21. The van der Waals surface area contributed by atoms with E-state index in [0.29, 0.717) is 34.4 Å². The van der Waals surface area contributed by atoms with E-state index < -0.39 is 10.0 Å². The highest BCUT2D eigenvalue weighted by Crippen LogP contribution is 2.38. The van der Waals surface area contributed by atoms with E-state index in [2.05, 4.69) is 15.3 Å². The fourth-order valence-corrected chi connectivity index (χ4v) is 6.86. The summed E-state index contributed by atoms with van der Waals surface area (Å²) in [5.74, 6) is -0.171. The van der Waals surface area contributed by atoms with Crippen LogP contribution in [0, 0.1) is 13.8 Å². The zero-order valence-corrected chi connectivity index (χ0v) is 21.0. The van der Waals surface area contributed by atoms with Crippen LogP contribution in [0.1, 0.15) is 21.7 Å². The lowest BCUT2D eigenvalue weighted by Crippen LogP contribution is -2.29. The molecule has 1 aliphatic heterocycles. The Balaban J connectivity index is 1.37. The molecule has 0 saturated carbocycles. The number of pyridine rings is 1. The molecule has 0 unspecified atom stereocenters. The van der Waals surface area contributed by atoms with Crippen molar-refractivity contribution in [3.8, 4) is 11.3 Å². The maximum Gasteiger partial charge on any atom is 0.264 e. The molecular weight excluding hydrogens is 480 g/mol. The van der Waals surface area contributed by atoms with Gasteiger partial charge in [0.1, 0.15) is 0 Å². The number of anilines is 2. The van der Waals surface area contributed by atoms with E-state index in [0.717, 1.165) is 27.3 Å². The highest BCUT2D eigenvalue weighted by atomic mass is 32.2. The average molecular weight is 505 g/mol. The molecule has 0 fully saturated rings. The van der Waals surface area contributed by atoms with Crippen LogP contribution < -0.4 is 9.62 Å². The third-order valence-corrected chi connectivity index (χ3v) is 8.84. The summed E-state index contributed by atoms with van der Waals surface area (Å²) in [7, 11) is -3.64. The molecule has 1 aliphatic rings. The average Bonchev–Trinajstić information content (AvgIpc) is 3.42. The molecule has 0 spiro atoms. The number of nitrogens with zero attached hydrogens (tertiary/aromatic N) is 3. The van der Waals surface area contributed by atoms with Crippen molar-refractivity contribution in [2.45, 2.75) is 31.6 Å². The fourth-order valence-electron chi connectivity index (χ4n) is 4.28. The van der Waals surface area contributed by atoms with Crippen LogP contribution in [0.2, 0.25) is 0 Å². The first-order valence-corrected chi connectivity index (χ1v) is 13.5. The van der Waals surface area contributed by atoms with Crippen LogP contribution in [0.3, 0.4) is 0 Å². The molecule has 0 bridgehead atoms. The molecule has 2 aromatic heterocycles. The Kier molecular flexibility index (Phi) is 6.12. The molecule has 3 heterocycles.